The molecule has 0 heterocycles. The largest absolute Gasteiger partial charge is 0.493 e. The van der Waals surface area contributed by atoms with E-state index in [0.29, 0.717) is 12.5 Å². The highest BCUT2D eigenvalue weighted by Gasteiger charge is 2.13. The lowest BCUT2D eigenvalue weighted by molar-refractivity contribution is -0.0512. The van der Waals surface area contributed by atoms with Crippen molar-refractivity contribution in [2.24, 2.45) is 5.92 Å². The van der Waals surface area contributed by atoms with E-state index < -0.39 is 6.61 Å². The highest BCUT2D eigenvalue weighted by Crippen LogP contribution is 2.29. The summed E-state index contributed by atoms with van der Waals surface area (Å²) in [5.41, 5.74) is 0.786. The van der Waals surface area contributed by atoms with Gasteiger partial charge in [0.1, 0.15) is 0 Å². The molecule has 0 aromatic heterocycles. The summed E-state index contributed by atoms with van der Waals surface area (Å²) in [6.45, 7) is 1.75. The Bertz CT molecular complexity index is 427. The zero-order chi connectivity index (χ0) is 15.8. The standard InChI is InChI=1S/C15H23F2NO3/c1-10(2)6-12(9-19)18-8-11-4-5-13(20-3)14(7-11)21-15(16)17/h4-5,7,10,12,15,18-19H,6,8-9H2,1-3H3. The van der Waals surface area contributed by atoms with Crippen molar-refractivity contribution < 1.29 is 23.4 Å². The lowest BCUT2D eigenvalue weighted by Gasteiger charge is -2.19. The van der Waals surface area contributed by atoms with E-state index >= 15 is 0 Å². The average Bonchev–Trinajstić information content (AvgIpc) is 2.42. The van der Waals surface area contributed by atoms with Gasteiger partial charge in [-0.3, -0.25) is 0 Å². The Balaban J connectivity index is 2.70. The fourth-order valence-electron chi connectivity index (χ4n) is 2.07. The first-order valence-electron chi connectivity index (χ1n) is 6.92. The molecule has 1 unspecified atom stereocenters. The average molecular weight is 303 g/mol. The molecular formula is C15H23F2NO3. The second kappa shape index (κ2) is 8.79. The molecule has 0 bridgehead atoms. The molecule has 0 aliphatic carbocycles. The van der Waals surface area contributed by atoms with Gasteiger partial charge in [-0.05, 0) is 30.0 Å². The van der Waals surface area contributed by atoms with Gasteiger partial charge in [-0.2, -0.15) is 8.78 Å². The van der Waals surface area contributed by atoms with Gasteiger partial charge in [0.05, 0.1) is 13.7 Å². The highest BCUT2D eigenvalue weighted by atomic mass is 19.3. The molecule has 4 nitrogen and oxygen atoms in total. The van der Waals surface area contributed by atoms with Crippen molar-refractivity contribution in [3.05, 3.63) is 23.8 Å². The molecule has 0 spiro atoms. The molecule has 0 fully saturated rings. The maximum atomic E-state index is 12.4. The summed E-state index contributed by atoms with van der Waals surface area (Å²) in [7, 11) is 1.40. The summed E-state index contributed by atoms with van der Waals surface area (Å²) in [5.74, 6) is 0.736. The van der Waals surface area contributed by atoms with E-state index in [1.165, 1.54) is 13.2 Å². The van der Waals surface area contributed by atoms with Crippen LogP contribution in [-0.4, -0.2) is 31.5 Å². The van der Waals surface area contributed by atoms with Gasteiger partial charge < -0.3 is 19.9 Å². The number of rotatable bonds is 9. The van der Waals surface area contributed by atoms with E-state index in [1.54, 1.807) is 12.1 Å². The zero-order valence-corrected chi connectivity index (χ0v) is 12.6. The van der Waals surface area contributed by atoms with Crippen LogP contribution in [0.3, 0.4) is 0 Å². The summed E-state index contributed by atoms with van der Waals surface area (Å²) < 4.78 is 34.1. The van der Waals surface area contributed by atoms with Gasteiger partial charge in [0, 0.05) is 12.6 Å². The van der Waals surface area contributed by atoms with Gasteiger partial charge in [-0.1, -0.05) is 19.9 Å². The maximum absolute atomic E-state index is 12.4. The Morgan fingerprint density at radius 1 is 1.24 bits per heavy atom. The van der Waals surface area contributed by atoms with Gasteiger partial charge in [0.15, 0.2) is 11.5 Å². The molecule has 0 aliphatic heterocycles. The number of alkyl halides is 2. The third-order valence-corrected chi connectivity index (χ3v) is 3.02. The van der Waals surface area contributed by atoms with Crippen molar-refractivity contribution in [3.63, 3.8) is 0 Å². The Morgan fingerprint density at radius 3 is 2.48 bits per heavy atom. The summed E-state index contributed by atoms with van der Waals surface area (Å²) in [6.07, 6.45) is 0.840. The monoisotopic (exact) mass is 303 g/mol. The molecule has 0 saturated carbocycles. The predicted octanol–water partition coefficient (Wildman–Crippen LogP) is 2.79. The Morgan fingerprint density at radius 2 is 1.95 bits per heavy atom. The van der Waals surface area contributed by atoms with Crippen LogP contribution in [0.2, 0.25) is 0 Å². The number of hydrogen-bond acceptors (Lipinski definition) is 4. The number of halogens is 2. The van der Waals surface area contributed by atoms with Crippen LogP contribution in [0.25, 0.3) is 0 Å². The number of ether oxygens (including phenoxy) is 2. The molecule has 1 aromatic carbocycles. The normalized spacial score (nSPS) is 12.8. The first-order valence-corrected chi connectivity index (χ1v) is 6.92. The van der Waals surface area contributed by atoms with Gasteiger partial charge in [0.2, 0.25) is 0 Å². The number of methoxy groups -OCH3 is 1. The van der Waals surface area contributed by atoms with Gasteiger partial charge in [-0.15, -0.1) is 0 Å². The topological polar surface area (TPSA) is 50.7 Å². The Hall–Kier alpha value is -1.40. The highest BCUT2D eigenvalue weighted by molar-refractivity contribution is 5.43. The molecule has 6 heteroatoms. The van der Waals surface area contributed by atoms with Crippen LogP contribution in [0, 0.1) is 5.92 Å². The van der Waals surface area contributed by atoms with Gasteiger partial charge in [0.25, 0.3) is 0 Å². The fraction of sp³-hybridized carbons (Fsp3) is 0.600. The second-order valence-electron chi connectivity index (χ2n) is 5.25. The molecule has 2 N–H and O–H groups in total. The summed E-state index contributed by atoms with van der Waals surface area (Å²) in [6, 6.07) is 4.85. The zero-order valence-electron chi connectivity index (χ0n) is 12.6. The number of nitrogens with one attached hydrogen (secondary N) is 1. The van der Waals surface area contributed by atoms with E-state index in [-0.39, 0.29) is 24.1 Å². The number of hydrogen-bond donors (Lipinski definition) is 2. The Labute approximate surface area is 124 Å². The van der Waals surface area contributed by atoms with Crippen molar-refractivity contribution in [2.45, 2.75) is 39.5 Å². The Kier molecular flexibility index (Phi) is 7.39. The molecule has 120 valence electrons. The van der Waals surface area contributed by atoms with Crippen LogP contribution in [0.15, 0.2) is 18.2 Å². The molecule has 0 amide bonds. The third-order valence-electron chi connectivity index (χ3n) is 3.02. The van der Waals surface area contributed by atoms with Crippen molar-refractivity contribution >= 4 is 0 Å². The first kappa shape index (κ1) is 17.7. The summed E-state index contributed by atoms with van der Waals surface area (Å²) in [4.78, 5) is 0. The molecule has 21 heavy (non-hydrogen) atoms. The lowest BCUT2D eigenvalue weighted by Crippen LogP contribution is -2.33. The molecular weight excluding hydrogens is 280 g/mol. The minimum Gasteiger partial charge on any atom is -0.493 e. The number of benzene rings is 1. The minimum atomic E-state index is -2.90. The van der Waals surface area contributed by atoms with Crippen LogP contribution in [-0.2, 0) is 6.54 Å². The van der Waals surface area contributed by atoms with E-state index in [1.807, 2.05) is 0 Å². The maximum Gasteiger partial charge on any atom is 0.387 e. The van der Waals surface area contributed by atoms with E-state index in [4.69, 9.17) is 4.74 Å². The molecule has 1 atom stereocenters. The first-order chi connectivity index (χ1) is 9.96. The smallest absolute Gasteiger partial charge is 0.387 e. The van der Waals surface area contributed by atoms with Crippen molar-refractivity contribution in [2.75, 3.05) is 13.7 Å². The fourth-order valence-corrected chi connectivity index (χ4v) is 2.07. The molecule has 1 rings (SSSR count). The van der Waals surface area contributed by atoms with E-state index in [2.05, 4.69) is 23.9 Å². The molecule has 0 aliphatic rings. The quantitative estimate of drug-likeness (QED) is 0.736. The predicted molar refractivity (Wildman–Crippen MR) is 76.8 cm³/mol. The molecule has 0 radical (unpaired) electrons. The summed E-state index contributed by atoms with van der Waals surface area (Å²) >= 11 is 0. The number of aliphatic hydroxyl groups is 1. The van der Waals surface area contributed by atoms with Crippen LogP contribution in [0.5, 0.6) is 11.5 Å². The van der Waals surface area contributed by atoms with Crippen LogP contribution in [0.1, 0.15) is 25.8 Å². The summed E-state index contributed by atoms with van der Waals surface area (Å²) in [5, 5.41) is 12.5. The lowest BCUT2D eigenvalue weighted by atomic mass is 10.0. The van der Waals surface area contributed by atoms with Gasteiger partial charge >= 0.3 is 6.61 Å². The van der Waals surface area contributed by atoms with Crippen molar-refractivity contribution in [1.82, 2.24) is 5.32 Å². The SMILES string of the molecule is COc1ccc(CNC(CO)CC(C)C)cc1OC(F)F. The van der Waals surface area contributed by atoms with Crippen LogP contribution in [0.4, 0.5) is 8.78 Å². The van der Waals surface area contributed by atoms with Crippen molar-refractivity contribution in [3.8, 4) is 11.5 Å². The van der Waals surface area contributed by atoms with Crippen LogP contribution < -0.4 is 14.8 Å². The van der Waals surface area contributed by atoms with Crippen molar-refractivity contribution in [1.29, 1.82) is 0 Å². The second-order valence-corrected chi connectivity index (χ2v) is 5.25. The third kappa shape index (κ3) is 6.27. The molecule has 1 aromatic rings. The number of aliphatic hydroxyl groups excluding tert-OH is 1. The molecule has 0 saturated heterocycles. The van der Waals surface area contributed by atoms with Gasteiger partial charge in [-0.25, -0.2) is 0 Å². The van der Waals surface area contributed by atoms with E-state index in [0.717, 1.165) is 12.0 Å². The minimum absolute atomic E-state index is 0.0104. The van der Waals surface area contributed by atoms with Crippen LogP contribution >= 0.6 is 0 Å². The van der Waals surface area contributed by atoms with E-state index in [9.17, 15) is 13.9 Å².